The predicted octanol–water partition coefficient (Wildman–Crippen LogP) is 2.00. The van der Waals surface area contributed by atoms with Gasteiger partial charge < -0.3 is 10.6 Å². The lowest BCUT2D eigenvalue weighted by atomic mass is 10.3. The summed E-state index contributed by atoms with van der Waals surface area (Å²) in [5.74, 6) is -0.371. The lowest BCUT2D eigenvalue weighted by Crippen LogP contribution is -2.24. The molecule has 2 N–H and O–H groups in total. The molecule has 0 unspecified atom stereocenters. The molecule has 2 amide bonds. The molecule has 5 heteroatoms. The van der Waals surface area contributed by atoms with Crippen LogP contribution in [0.5, 0.6) is 0 Å². The van der Waals surface area contributed by atoms with Gasteiger partial charge in [-0.1, -0.05) is 6.07 Å². The van der Waals surface area contributed by atoms with E-state index >= 15 is 0 Å². The molecule has 72 valence electrons. The molecule has 3 nitrogen and oxygen atoms in total. The lowest BCUT2D eigenvalue weighted by molar-refractivity contribution is 0.254. The summed E-state index contributed by atoms with van der Waals surface area (Å²) in [5, 5.41) is 4.80. The quantitative estimate of drug-likeness (QED) is 0.722. The Balaban J connectivity index is 0.00000144. The smallest absolute Gasteiger partial charge is 0.318 e. The number of rotatable bonds is 1. The van der Waals surface area contributed by atoms with E-state index in [-0.39, 0.29) is 24.3 Å². The van der Waals surface area contributed by atoms with E-state index in [1.165, 1.54) is 25.2 Å². The van der Waals surface area contributed by atoms with Crippen molar-refractivity contribution in [2.45, 2.75) is 0 Å². The molecule has 0 bridgehead atoms. The molecule has 0 radical (unpaired) electrons. The van der Waals surface area contributed by atoms with E-state index in [2.05, 4.69) is 10.6 Å². The van der Waals surface area contributed by atoms with Crippen molar-refractivity contribution < 1.29 is 9.18 Å². The van der Waals surface area contributed by atoms with Crippen LogP contribution in [0, 0.1) is 5.82 Å². The van der Waals surface area contributed by atoms with E-state index in [0.717, 1.165) is 0 Å². The number of carbonyl (C=O) groups excluding carboxylic acids is 1. The third kappa shape index (κ3) is 3.75. The molecule has 0 atom stereocenters. The molecule has 0 aliphatic heterocycles. The maximum absolute atomic E-state index is 12.5. The van der Waals surface area contributed by atoms with Gasteiger partial charge in [0.25, 0.3) is 0 Å². The highest BCUT2D eigenvalue weighted by Crippen LogP contribution is 2.08. The van der Waals surface area contributed by atoms with Gasteiger partial charge in [-0.15, -0.1) is 12.4 Å². The maximum atomic E-state index is 12.5. The van der Waals surface area contributed by atoms with E-state index in [4.69, 9.17) is 0 Å². The number of amides is 2. The Morgan fingerprint density at radius 1 is 1.46 bits per heavy atom. The van der Waals surface area contributed by atoms with Crippen molar-refractivity contribution in [2.24, 2.45) is 0 Å². The molecule has 13 heavy (non-hydrogen) atoms. The standard InChI is InChI=1S/C8H9FN2O.ClH/c1-10-8(12)11-7-4-2-3-6(9)5-7;/h2-5H,1H3,(H2,10,11,12);1H. The van der Waals surface area contributed by atoms with Crippen molar-refractivity contribution in [3.8, 4) is 0 Å². The largest absolute Gasteiger partial charge is 0.341 e. The van der Waals surface area contributed by atoms with E-state index < -0.39 is 0 Å². The van der Waals surface area contributed by atoms with Gasteiger partial charge in [-0.2, -0.15) is 0 Å². The van der Waals surface area contributed by atoms with Crippen LogP contribution in [0.3, 0.4) is 0 Å². The van der Waals surface area contributed by atoms with Gasteiger partial charge in [0.2, 0.25) is 0 Å². The van der Waals surface area contributed by atoms with Gasteiger partial charge >= 0.3 is 6.03 Å². The van der Waals surface area contributed by atoms with Crippen molar-refractivity contribution in [2.75, 3.05) is 12.4 Å². The summed E-state index contributed by atoms with van der Waals surface area (Å²) in [5.41, 5.74) is 0.439. The van der Waals surface area contributed by atoms with Crippen molar-refractivity contribution in [3.63, 3.8) is 0 Å². The predicted molar refractivity (Wildman–Crippen MR) is 51.7 cm³/mol. The van der Waals surface area contributed by atoms with Gasteiger partial charge in [-0.25, -0.2) is 9.18 Å². The zero-order chi connectivity index (χ0) is 8.97. The molecule has 1 aromatic rings. The maximum Gasteiger partial charge on any atom is 0.318 e. The van der Waals surface area contributed by atoms with Crippen LogP contribution in [0.15, 0.2) is 24.3 Å². The summed E-state index contributed by atoms with van der Waals surface area (Å²) >= 11 is 0. The Morgan fingerprint density at radius 2 is 2.15 bits per heavy atom. The average molecular weight is 205 g/mol. The van der Waals surface area contributed by atoms with Crippen molar-refractivity contribution in [1.82, 2.24) is 5.32 Å². The number of hydrogen-bond donors (Lipinski definition) is 2. The zero-order valence-corrected chi connectivity index (χ0v) is 7.82. The summed E-state index contributed by atoms with van der Waals surface area (Å²) in [4.78, 5) is 10.7. The van der Waals surface area contributed by atoms with E-state index in [9.17, 15) is 9.18 Å². The average Bonchev–Trinajstić information content (AvgIpc) is 2.04. The van der Waals surface area contributed by atoms with Crippen LogP contribution in [-0.2, 0) is 0 Å². The van der Waals surface area contributed by atoms with Crippen LogP contribution in [-0.4, -0.2) is 13.1 Å². The van der Waals surface area contributed by atoms with Crippen LogP contribution in [0.4, 0.5) is 14.9 Å². The van der Waals surface area contributed by atoms with Crippen molar-refractivity contribution >= 4 is 24.1 Å². The van der Waals surface area contributed by atoms with Gasteiger partial charge in [0.05, 0.1) is 0 Å². The number of nitrogens with one attached hydrogen (secondary N) is 2. The Morgan fingerprint density at radius 3 is 2.69 bits per heavy atom. The molecule has 1 rings (SSSR count). The number of anilines is 1. The zero-order valence-electron chi connectivity index (χ0n) is 7.00. The molecule has 0 aromatic heterocycles. The second-order valence-corrected chi connectivity index (χ2v) is 2.21. The molecule has 0 aliphatic rings. The molecule has 0 aliphatic carbocycles. The van der Waals surface area contributed by atoms with Crippen LogP contribution in [0.2, 0.25) is 0 Å². The Hall–Kier alpha value is -1.29. The summed E-state index contributed by atoms with van der Waals surface area (Å²) in [6.07, 6.45) is 0. The monoisotopic (exact) mass is 204 g/mol. The van der Waals surface area contributed by atoms with E-state index in [1.807, 2.05) is 0 Å². The lowest BCUT2D eigenvalue weighted by Gasteiger charge is -2.02. The fraction of sp³-hybridized carbons (Fsp3) is 0.125. The second kappa shape index (κ2) is 5.37. The number of hydrogen-bond acceptors (Lipinski definition) is 1. The van der Waals surface area contributed by atoms with E-state index in [0.29, 0.717) is 5.69 Å². The summed E-state index contributed by atoms with van der Waals surface area (Å²) in [6, 6.07) is 5.34. The molecule has 0 saturated heterocycles. The molecule has 0 saturated carbocycles. The number of benzene rings is 1. The fourth-order valence-electron chi connectivity index (χ4n) is 0.760. The number of urea groups is 1. The molecular formula is C8H10ClFN2O. The van der Waals surface area contributed by atoms with Crippen molar-refractivity contribution in [3.05, 3.63) is 30.1 Å². The Labute approximate surface area is 81.7 Å². The highest BCUT2D eigenvalue weighted by Gasteiger charge is 1.97. The van der Waals surface area contributed by atoms with Gasteiger partial charge in [0.15, 0.2) is 0 Å². The molecule has 0 heterocycles. The number of halogens is 2. The van der Waals surface area contributed by atoms with Crippen LogP contribution < -0.4 is 10.6 Å². The molecular weight excluding hydrogens is 195 g/mol. The van der Waals surface area contributed by atoms with Crippen LogP contribution in [0.25, 0.3) is 0 Å². The van der Waals surface area contributed by atoms with Gasteiger partial charge in [0, 0.05) is 12.7 Å². The Bertz CT molecular complexity index is 293. The minimum atomic E-state index is -0.371. The third-order valence-corrected chi connectivity index (χ3v) is 1.31. The van der Waals surface area contributed by atoms with E-state index in [1.54, 1.807) is 6.07 Å². The van der Waals surface area contributed by atoms with Crippen molar-refractivity contribution in [1.29, 1.82) is 0 Å². The third-order valence-electron chi connectivity index (χ3n) is 1.31. The highest BCUT2D eigenvalue weighted by atomic mass is 35.5. The summed E-state index contributed by atoms with van der Waals surface area (Å²) < 4.78 is 12.5. The van der Waals surface area contributed by atoms with Crippen LogP contribution in [0.1, 0.15) is 0 Å². The summed E-state index contributed by atoms with van der Waals surface area (Å²) in [7, 11) is 1.49. The molecule has 0 fully saturated rings. The molecule has 1 aromatic carbocycles. The highest BCUT2D eigenvalue weighted by molar-refractivity contribution is 5.88. The first-order valence-electron chi connectivity index (χ1n) is 3.46. The number of carbonyl (C=O) groups is 1. The Kier molecular flexibility index (Phi) is 4.84. The SMILES string of the molecule is CNC(=O)Nc1cccc(F)c1.Cl. The first-order valence-corrected chi connectivity index (χ1v) is 3.46. The first-order chi connectivity index (χ1) is 5.72. The van der Waals surface area contributed by atoms with Gasteiger partial charge in [-0.3, -0.25) is 0 Å². The second-order valence-electron chi connectivity index (χ2n) is 2.21. The fourth-order valence-corrected chi connectivity index (χ4v) is 0.760. The summed E-state index contributed by atoms with van der Waals surface area (Å²) in [6.45, 7) is 0. The van der Waals surface area contributed by atoms with Gasteiger partial charge in [0.1, 0.15) is 5.82 Å². The minimum absolute atomic E-state index is 0. The first kappa shape index (κ1) is 11.7. The topological polar surface area (TPSA) is 41.1 Å². The van der Waals surface area contributed by atoms with Crippen LogP contribution >= 0.6 is 12.4 Å². The van der Waals surface area contributed by atoms with Gasteiger partial charge in [-0.05, 0) is 18.2 Å². The minimum Gasteiger partial charge on any atom is -0.341 e. The molecule has 0 spiro atoms. The normalized spacial score (nSPS) is 8.46.